The van der Waals surface area contributed by atoms with E-state index in [0.29, 0.717) is 25.0 Å². The number of rotatable bonds is 3. The lowest BCUT2D eigenvalue weighted by Gasteiger charge is -2.21. The number of terminal acetylenes is 1. The average molecular weight is 194 g/mol. The minimum absolute atomic E-state index is 0.164. The van der Waals surface area contributed by atoms with Crippen molar-refractivity contribution in [3.63, 3.8) is 0 Å². The van der Waals surface area contributed by atoms with E-state index in [2.05, 4.69) is 25.1 Å². The molecule has 1 amide bonds. The molecule has 0 radical (unpaired) electrons. The molecule has 2 unspecified atom stereocenters. The van der Waals surface area contributed by atoms with Crippen molar-refractivity contribution in [1.29, 1.82) is 0 Å². The van der Waals surface area contributed by atoms with Crippen molar-refractivity contribution >= 4 is 5.91 Å². The second-order valence-corrected chi connectivity index (χ2v) is 4.04. The fourth-order valence-corrected chi connectivity index (χ4v) is 1.99. The largest absolute Gasteiger partial charge is 0.339 e. The third kappa shape index (κ3) is 2.74. The zero-order valence-corrected chi connectivity index (χ0v) is 8.92. The van der Waals surface area contributed by atoms with Gasteiger partial charge in [0.15, 0.2) is 0 Å². The molecule has 0 aromatic carbocycles. The summed E-state index contributed by atoms with van der Waals surface area (Å²) in [5, 5.41) is 2.92. The molecular formula is C11H18N2O. The third-order valence-electron chi connectivity index (χ3n) is 2.61. The van der Waals surface area contributed by atoms with Crippen LogP contribution < -0.4 is 5.32 Å². The summed E-state index contributed by atoms with van der Waals surface area (Å²) >= 11 is 0. The molecule has 3 heteroatoms. The van der Waals surface area contributed by atoms with Gasteiger partial charge in [0.2, 0.25) is 5.91 Å². The van der Waals surface area contributed by atoms with Crippen LogP contribution in [0.25, 0.3) is 0 Å². The highest BCUT2D eigenvalue weighted by Crippen LogP contribution is 2.21. The first-order chi connectivity index (χ1) is 6.65. The monoisotopic (exact) mass is 194 g/mol. The predicted molar refractivity (Wildman–Crippen MR) is 56.7 cm³/mol. The SMILES string of the molecule is C#CCNCC(=O)N1CC(C)CC1C. The Bertz CT molecular complexity index is 244. The number of carbonyl (C=O) groups is 1. The molecule has 0 saturated carbocycles. The van der Waals surface area contributed by atoms with Crippen molar-refractivity contribution in [1.82, 2.24) is 10.2 Å². The van der Waals surface area contributed by atoms with Crippen LogP contribution in [-0.4, -0.2) is 36.5 Å². The van der Waals surface area contributed by atoms with Crippen molar-refractivity contribution in [2.45, 2.75) is 26.3 Å². The van der Waals surface area contributed by atoms with Gasteiger partial charge in [0.1, 0.15) is 0 Å². The first kappa shape index (κ1) is 11.1. The van der Waals surface area contributed by atoms with Crippen molar-refractivity contribution in [3.05, 3.63) is 0 Å². The lowest BCUT2D eigenvalue weighted by molar-refractivity contribution is -0.130. The first-order valence-electron chi connectivity index (χ1n) is 5.08. The molecule has 1 saturated heterocycles. The maximum absolute atomic E-state index is 11.7. The van der Waals surface area contributed by atoms with Gasteiger partial charge in [-0.05, 0) is 19.3 Å². The number of nitrogens with one attached hydrogen (secondary N) is 1. The summed E-state index contributed by atoms with van der Waals surface area (Å²) in [6.07, 6.45) is 6.19. The topological polar surface area (TPSA) is 32.3 Å². The van der Waals surface area contributed by atoms with Gasteiger partial charge in [0.05, 0.1) is 13.1 Å². The number of hydrogen-bond acceptors (Lipinski definition) is 2. The minimum atomic E-state index is 0.164. The Kier molecular flexibility index (Phi) is 3.97. The number of carbonyl (C=O) groups excluding carboxylic acids is 1. The van der Waals surface area contributed by atoms with Crippen LogP contribution >= 0.6 is 0 Å². The van der Waals surface area contributed by atoms with E-state index in [0.717, 1.165) is 13.0 Å². The Morgan fingerprint density at radius 3 is 2.86 bits per heavy atom. The average Bonchev–Trinajstić information content (AvgIpc) is 2.45. The molecule has 14 heavy (non-hydrogen) atoms. The number of nitrogens with zero attached hydrogens (tertiary/aromatic N) is 1. The summed E-state index contributed by atoms with van der Waals surface area (Å²) in [7, 11) is 0. The lowest BCUT2D eigenvalue weighted by Crippen LogP contribution is -2.40. The van der Waals surface area contributed by atoms with Crippen LogP contribution in [0.4, 0.5) is 0 Å². The van der Waals surface area contributed by atoms with Gasteiger partial charge in [0, 0.05) is 12.6 Å². The van der Waals surface area contributed by atoms with Crippen molar-refractivity contribution in [3.8, 4) is 12.3 Å². The molecular weight excluding hydrogens is 176 g/mol. The normalized spacial score (nSPS) is 26.2. The van der Waals surface area contributed by atoms with Gasteiger partial charge in [-0.2, -0.15) is 0 Å². The van der Waals surface area contributed by atoms with Crippen LogP contribution in [0.5, 0.6) is 0 Å². The van der Waals surface area contributed by atoms with E-state index in [-0.39, 0.29) is 5.91 Å². The second kappa shape index (κ2) is 5.02. The van der Waals surface area contributed by atoms with Crippen LogP contribution in [-0.2, 0) is 4.79 Å². The highest BCUT2D eigenvalue weighted by molar-refractivity contribution is 5.78. The van der Waals surface area contributed by atoms with Gasteiger partial charge in [-0.25, -0.2) is 0 Å². The lowest BCUT2D eigenvalue weighted by atomic mass is 10.1. The highest BCUT2D eigenvalue weighted by Gasteiger charge is 2.29. The number of likely N-dealkylation sites (tertiary alicyclic amines) is 1. The molecule has 0 bridgehead atoms. The summed E-state index contributed by atoms with van der Waals surface area (Å²) in [6.45, 7) is 5.99. The zero-order valence-electron chi connectivity index (χ0n) is 8.92. The predicted octanol–water partition coefficient (Wildman–Crippen LogP) is 0.466. The van der Waals surface area contributed by atoms with E-state index in [1.807, 2.05) is 4.90 Å². The molecule has 1 aliphatic rings. The number of amides is 1. The zero-order chi connectivity index (χ0) is 10.6. The second-order valence-electron chi connectivity index (χ2n) is 4.04. The Morgan fingerprint density at radius 2 is 2.36 bits per heavy atom. The molecule has 0 aliphatic carbocycles. The summed E-state index contributed by atoms with van der Waals surface area (Å²) < 4.78 is 0. The van der Waals surface area contributed by atoms with Crippen LogP contribution in [0.2, 0.25) is 0 Å². The van der Waals surface area contributed by atoms with Crippen LogP contribution in [0, 0.1) is 18.3 Å². The quantitative estimate of drug-likeness (QED) is 0.523. The van der Waals surface area contributed by atoms with Gasteiger partial charge in [-0.1, -0.05) is 12.8 Å². The standard InChI is InChI=1S/C11H18N2O/c1-4-5-12-7-11(14)13-8-9(2)6-10(13)3/h1,9-10,12H,5-8H2,2-3H3. The van der Waals surface area contributed by atoms with E-state index < -0.39 is 0 Å². The first-order valence-corrected chi connectivity index (χ1v) is 5.08. The van der Waals surface area contributed by atoms with Gasteiger partial charge in [-0.3, -0.25) is 10.1 Å². The molecule has 1 fully saturated rings. The maximum Gasteiger partial charge on any atom is 0.236 e. The highest BCUT2D eigenvalue weighted by atomic mass is 16.2. The molecule has 78 valence electrons. The summed E-state index contributed by atoms with van der Waals surface area (Å²) in [4.78, 5) is 13.6. The molecule has 0 aromatic rings. The van der Waals surface area contributed by atoms with Crippen molar-refractivity contribution < 1.29 is 4.79 Å². The van der Waals surface area contributed by atoms with Crippen molar-refractivity contribution in [2.75, 3.05) is 19.6 Å². The Labute approximate surface area is 85.9 Å². The molecule has 1 N–H and O–H groups in total. The molecule has 1 rings (SSSR count). The summed E-state index contributed by atoms with van der Waals surface area (Å²) in [5.74, 6) is 3.24. The summed E-state index contributed by atoms with van der Waals surface area (Å²) in [5.41, 5.74) is 0. The maximum atomic E-state index is 11.7. The minimum Gasteiger partial charge on any atom is -0.339 e. The van der Waals surface area contributed by atoms with Crippen molar-refractivity contribution in [2.24, 2.45) is 5.92 Å². The van der Waals surface area contributed by atoms with E-state index in [4.69, 9.17) is 6.42 Å². The van der Waals surface area contributed by atoms with Gasteiger partial charge >= 0.3 is 0 Å². The molecule has 3 nitrogen and oxygen atoms in total. The fourth-order valence-electron chi connectivity index (χ4n) is 1.99. The Hall–Kier alpha value is -1.01. The molecule has 1 heterocycles. The van der Waals surface area contributed by atoms with Crippen LogP contribution in [0.3, 0.4) is 0 Å². The van der Waals surface area contributed by atoms with E-state index in [1.165, 1.54) is 0 Å². The smallest absolute Gasteiger partial charge is 0.236 e. The molecule has 0 aromatic heterocycles. The van der Waals surface area contributed by atoms with Crippen LogP contribution in [0.15, 0.2) is 0 Å². The van der Waals surface area contributed by atoms with Gasteiger partial charge in [-0.15, -0.1) is 6.42 Å². The fraction of sp³-hybridized carbons (Fsp3) is 0.727. The number of hydrogen-bond donors (Lipinski definition) is 1. The summed E-state index contributed by atoms with van der Waals surface area (Å²) in [6, 6.07) is 0.380. The van der Waals surface area contributed by atoms with E-state index in [1.54, 1.807) is 0 Å². The Balaban J connectivity index is 2.34. The van der Waals surface area contributed by atoms with E-state index >= 15 is 0 Å². The van der Waals surface area contributed by atoms with E-state index in [9.17, 15) is 4.79 Å². The van der Waals surface area contributed by atoms with Gasteiger partial charge in [0.25, 0.3) is 0 Å². The molecule has 1 aliphatic heterocycles. The Morgan fingerprint density at radius 1 is 1.64 bits per heavy atom. The molecule has 2 atom stereocenters. The third-order valence-corrected chi connectivity index (χ3v) is 2.61. The van der Waals surface area contributed by atoms with Gasteiger partial charge < -0.3 is 4.90 Å². The van der Waals surface area contributed by atoms with Crippen LogP contribution in [0.1, 0.15) is 20.3 Å². The molecule has 0 spiro atoms.